The van der Waals surface area contributed by atoms with Crippen LogP contribution in [0.4, 0.5) is 0 Å². The fraction of sp³-hybridized carbons (Fsp3) is 0.522. The van der Waals surface area contributed by atoms with Gasteiger partial charge < -0.3 is 14.5 Å². The molecule has 6 heteroatoms. The van der Waals surface area contributed by atoms with Gasteiger partial charge in [0.2, 0.25) is 5.71 Å². The van der Waals surface area contributed by atoms with Crippen LogP contribution in [-0.2, 0) is 25.5 Å². The van der Waals surface area contributed by atoms with Gasteiger partial charge in [0.15, 0.2) is 5.92 Å². The van der Waals surface area contributed by atoms with E-state index in [4.69, 9.17) is 9.47 Å². The Balaban J connectivity index is 1.84. The van der Waals surface area contributed by atoms with E-state index in [1.54, 1.807) is 0 Å². The van der Waals surface area contributed by atoms with E-state index in [0.29, 0.717) is 6.42 Å². The number of para-hydroxylation sites is 1. The van der Waals surface area contributed by atoms with E-state index in [2.05, 4.69) is 34.7 Å². The number of methoxy groups -OCH3 is 2. The largest absolute Gasteiger partial charge is 0.468 e. The molecule has 1 N–H and O–H groups in total. The van der Waals surface area contributed by atoms with Gasteiger partial charge in [-0.2, -0.15) is 0 Å². The minimum Gasteiger partial charge on any atom is -0.468 e. The van der Waals surface area contributed by atoms with Gasteiger partial charge in [0.25, 0.3) is 0 Å². The molecule has 29 heavy (non-hydrogen) atoms. The molecule has 2 aliphatic heterocycles. The highest BCUT2D eigenvalue weighted by molar-refractivity contribution is 6.07. The first kappa shape index (κ1) is 19.7. The zero-order chi connectivity index (χ0) is 20.6. The smallest absolute Gasteiger partial charge is 0.320 e. The number of carbonyl (C=O) groups excluding carboxylic acids is 2. The van der Waals surface area contributed by atoms with Crippen molar-refractivity contribution in [2.75, 3.05) is 27.3 Å². The molecule has 1 atom stereocenters. The highest BCUT2D eigenvalue weighted by Gasteiger charge is 2.51. The summed E-state index contributed by atoms with van der Waals surface area (Å²) >= 11 is 0. The third-order valence-electron chi connectivity index (χ3n) is 6.83. The van der Waals surface area contributed by atoms with Crippen LogP contribution in [0.2, 0.25) is 0 Å². The number of hydrogen-bond acceptors (Lipinski definition) is 4. The minimum absolute atomic E-state index is 0.276. The summed E-state index contributed by atoms with van der Waals surface area (Å²) in [5.74, 6) is -1.95. The summed E-state index contributed by atoms with van der Waals surface area (Å²) in [5.41, 5.74) is 4.63. The van der Waals surface area contributed by atoms with Gasteiger partial charge in [-0.15, -0.1) is 0 Å². The number of carbonyl (C=O) groups is 2. The van der Waals surface area contributed by atoms with Crippen molar-refractivity contribution in [2.45, 2.75) is 39.0 Å². The van der Waals surface area contributed by atoms with Crippen LogP contribution in [0.15, 0.2) is 24.3 Å². The van der Waals surface area contributed by atoms with E-state index in [1.807, 2.05) is 6.07 Å². The molecular weight excluding hydrogens is 368 g/mol. The van der Waals surface area contributed by atoms with Gasteiger partial charge in [-0.3, -0.25) is 9.59 Å². The molecule has 0 saturated heterocycles. The van der Waals surface area contributed by atoms with Crippen molar-refractivity contribution >= 4 is 28.6 Å². The maximum absolute atomic E-state index is 12.4. The predicted octanol–water partition coefficient (Wildman–Crippen LogP) is 3.07. The van der Waals surface area contributed by atoms with Gasteiger partial charge >= 0.3 is 11.9 Å². The molecule has 0 radical (unpaired) electrons. The van der Waals surface area contributed by atoms with Crippen LogP contribution in [0.1, 0.15) is 43.9 Å². The van der Waals surface area contributed by atoms with Gasteiger partial charge in [-0.25, -0.2) is 4.58 Å². The van der Waals surface area contributed by atoms with Crippen molar-refractivity contribution in [1.29, 1.82) is 0 Å². The number of esters is 2. The molecule has 3 heterocycles. The zero-order valence-electron chi connectivity index (χ0n) is 17.4. The van der Waals surface area contributed by atoms with Gasteiger partial charge in [-0.05, 0) is 30.9 Å². The molecule has 0 spiro atoms. The third kappa shape index (κ3) is 3.15. The highest BCUT2D eigenvalue weighted by atomic mass is 16.5. The number of ether oxygens (including phenoxy) is 2. The molecule has 4 rings (SSSR count). The number of rotatable bonds is 5. The fourth-order valence-electron chi connectivity index (χ4n) is 5.35. The van der Waals surface area contributed by atoms with Crippen LogP contribution < -0.4 is 0 Å². The number of hydrogen-bond donors (Lipinski definition) is 1. The van der Waals surface area contributed by atoms with E-state index >= 15 is 0 Å². The van der Waals surface area contributed by atoms with Crippen LogP contribution in [0.3, 0.4) is 0 Å². The van der Waals surface area contributed by atoms with Crippen molar-refractivity contribution < 1.29 is 23.6 Å². The lowest BCUT2D eigenvalue weighted by molar-refractivity contribution is -0.538. The molecule has 1 unspecified atom stereocenters. The summed E-state index contributed by atoms with van der Waals surface area (Å²) < 4.78 is 12.4. The number of aromatic amines is 1. The molecule has 1 aromatic carbocycles. The average molecular weight is 397 g/mol. The van der Waals surface area contributed by atoms with Crippen molar-refractivity contribution in [3.63, 3.8) is 0 Å². The first-order valence-electron chi connectivity index (χ1n) is 10.4. The Labute approximate surface area is 170 Å². The molecule has 6 nitrogen and oxygen atoms in total. The second-order valence-corrected chi connectivity index (χ2v) is 8.15. The molecular formula is C23H29N2O4+. The summed E-state index contributed by atoms with van der Waals surface area (Å²) in [6, 6.07) is 8.40. The number of aromatic nitrogens is 1. The topological polar surface area (TPSA) is 71.4 Å². The molecule has 0 saturated carbocycles. The first-order chi connectivity index (χ1) is 14.0. The first-order valence-corrected chi connectivity index (χ1v) is 10.4. The van der Waals surface area contributed by atoms with Gasteiger partial charge in [0.1, 0.15) is 18.8 Å². The number of H-pyrrole nitrogens is 1. The number of nitrogens with one attached hydrogen (secondary N) is 1. The van der Waals surface area contributed by atoms with Crippen molar-refractivity contribution in [1.82, 2.24) is 4.98 Å². The van der Waals surface area contributed by atoms with E-state index < -0.39 is 17.9 Å². The lowest BCUT2D eigenvalue weighted by atomic mass is 9.66. The fourth-order valence-corrected chi connectivity index (χ4v) is 5.35. The predicted molar refractivity (Wildman–Crippen MR) is 110 cm³/mol. The number of benzene rings is 1. The molecule has 0 bridgehead atoms. The minimum atomic E-state index is -0.910. The van der Waals surface area contributed by atoms with Crippen LogP contribution in [-0.4, -0.2) is 54.5 Å². The Morgan fingerprint density at radius 1 is 1.17 bits per heavy atom. The van der Waals surface area contributed by atoms with Crippen LogP contribution in [0, 0.1) is 11.3 Å². The lowest BCUT2D eigenvalue weighted by Gasteiger charge is -2.38. The Hall–Kier alpha value is -2.63. The summed E-state index contributed by atoms with van der Waals surface area (Å²) in [6.07, 6.45) is 4.23. The van der Waals surface area contributed by atoms with Crippen LogP contribution in [0.25, 0.3) is 10.9 Å². The Kier molecular flexibility index (Phi) is 5.19. The second kappa shape index (κ2) is 7.65. The van der Waals surface area contributed by atoms with Gasteiger partial charge in [0.05, 0.1) is 19.6 Å². The molecule has 0 aliphatic carbocycles. The van der Waals surface area contributed by atoms with E-state index in [-0.39, 0.29) is 5.41 Å². The number of nitrogens with zero attached hydrogens (tertiary/aromatic N) is 1. The molecule has 0 amide bonds. The van der Waals surface area contributed by atoms with Gasteiger partial charge in [0, 0.05) is 23.7 Å². The maximum Gasteiger partial charge on any atom is 0.320 e. The summed E-state index contributed by atoms with van der Waals surface area (Å²) in [5, 5.41) is 1.27. The van der Waals surface area contributed by atoms with E-state index in [0.717, 1.165) is 44.3 Å². The Bertz CT molecular complexity index is 974. The highest BCUT2D eigenvalue weighted by Crippen LogP contribution is 2.44. The third-order valence-corrected chi connectivity index (χ3v) is 6.83. The molecule has 2 aliphatic rings. The quantitative estimate of drug-likeness (QED) is 0.478. The average Bonchev–Trinajstić information content (AvgIpc) is 3.15. The van der Waals surface area contributed by atoms with Crippen LogP contribution in [0.5, 0.6) is 0 Å². The van der Waals surface area contributed by atoms with Crippen molar-refractivity contribution in [2.24, 2.45) is 11.3 Å². The van der Waals surface area contributed by atoms with E-state index in [1.165, 1.54) is 36.6 Å². The second-order valence-electron chi connectivity index (χ2n) is 8.15. The normalized spacial score (nSPS) is 21.1. The summed E-state index contributed by atoms with van der Waals surface area (Å²) in [7, 11) is 2.65. The van der Waals surface area contributed by atoms with Crippen LogP contribution >= 0.6 is 0 Å². The Morgan fingerprint density at radius 3 is 2.59 bits per heavy atom. The monoisotopic (exact) mass is 397 g/mol. The lowest BCUT2D eigenvalue weighted by Crippen LogP contribution is -2.48. The van der Waals surface area contributed by atoms with Gasteiger partial charge in [-0.1, -0.05) is 25.1 Å². The standard InChI is InChI=1S/C23H28N2O4/c1-4-23(14-17(21(26)28-2)22(27)29-3)11-7-12-25-13-10-16-15-8-5-6-9-18(15)24-19(16)20(23)25/h5-6,8-9,17H,4,7,10-14H2,1-3H3/p+1. The summed E-state index contributed by atoms with van der Waals surface area (Å²) in [6.45, 7) is 4.12. The molecule has 0 fully saturated rings. The van der Waals surface area contributed by atoms with Crippen molar-refractivity contribution in [3.8, 4) is 0 Å². The summed E-state index contributed by atoms with van der Waals surface area (Å²) in [4.78, 5) is 28.5. The van der Waals surface area contributed by atoms with E-state index in [9.17, 15) is 9.59 Å². The molecule has 2 aromatic rings. The molecule has 154 valence electrons. The SMILES string of the molecule is CCC1(CC(C(=O)OC)C(=O)OC)CCC[N+]2=C1c1[nH]c3ccccc3c1CC2. The maximum atomic E-state index is 12.4. The molecule has 1 aromatic heterocycles. The Morgan fingerprint density at radius 2 is 1.90 bits per heavy atom. The zero-order valence-corrected chi connectivity index (χ0v) is 17.4. The number of fused-ring (bicyclic) bond motifs is 4. The van der Waals surface area contributed by atoms with Crippen molar-refractivity contribution in [3.05, 3.63) is 35.5 Å².